The van der Waals surface area contributed by atoms with Gasteiger partial charge in [-0.3, -0.25) is 18.4 Å². The van der Waals surface area contributed by atoms with Gasteiger partial charge in [0.05, 0.1) is 19.4 Å². The molecule has 1 amide bonds. The Labute approximate surface area is 239 Å². The molecule has 4 rings (SSSR count). The number of nitrogen functional groups attached to an aromatic ring is 1. The number of carbonyl (C=O) groups is 1. The molecule has 0 spiro atoms. The Kier molecular flexibility index (Phi) is 9.79. The summed E-state index contributed by atoms with van der Waals surface area (Å²) in [4.78, 5) is 46.4. The van der Waals surface area contributed by atoms with Gasteiger partial charge in [-0.05, 0) is 6.07 Å². The third kappa shape index (κ3) is 7.49. The standard InChI is InChI=1S/C20H26FN5O15P2/c21-9-5-26(20(32)24-16(9)22)19-15(30)13(28)11(40-19)7-38-43(35,36)41-42(33,34)37-6-10-12(27)14(29)18(39-10)25-3-1-2-8(4-25)17(23)31/h1-5,10-15,18-19,27-30H,6-7H2,(H5-,22,23,24,31,32,33,34,35,36)/p+1/t10-,11-,12-,13-,14-,15-,18-,19-/m1/s1. The van der Waals surface area contributed by atoms with Crippen LogP contribution in [0.4, 0.5) is 10.2 Å². The number of carbonyl (C=O) groups excluding carboxylic acids is 1. The van der Waals surface area contributed by atoms with Crippen LogP contribution in [0.15, 0.2) is 35.5 Å². The molecule has 23 heteroatoms. The topological polar surface area (TPSA) is 310 Å². The Balaban J connectivity index is 1.33. The van der Waals surface area contributed by atoms with E-state index in [4.69, 9.17) is 20.9 Å². The number of aliphatic hydroxyl groups excluding tert-OH is 4. The molecule has 0 radical (unpaired) electrons. The Morgan fingerprint density at radius 1 is 1.05 bits per heavy atom. The van der Waals surface area contributed by atoms with Crippen LogP contribution < -0.4 is 21.7 Å². The summed E-state index contributed by atoms with van der Waals surface area (Å²) in [5.41, 5.74) is 9.31. The first-order valence-corrected chi connectivity index (χ1v) is 15.0. The molecule has 2 saturated heterocycles. The molecule has 2 fully saturated rings. The number of primary amides is 1. The average molecular weight is 658 g/mol. The van der Waals surface area contributed by atoms with Gasteiger partial charge in [0.25, 0.3) is 12.1 Å². The van der Waals surface area contributed by atoms with Crippen molar-refractivity contribution in [2.24, 2.45) is 5.73 Å². The second-order valence-electron chi connectivity index (χ2n) is 9.27. The first-order valence-electron chi connectivity index (χ1n) is 12.0. The molecule has 238 valence electrons. The van der Waals surface area contributed by atoms with E-state index >= 15 is 0 Å². The van der Waals surface area contributed by atoms with Crippen molar-refractivity contribution < 1.29 is 75.9 Å². The zero-order valence-corrected chi connectivity index (χ0v) is 23.3. The number of nitrogens with zero attached hydrogens (tertiary/aromatic N) is 3. The third-order valence-corrected chi connectivity index (χ3v) is 8.90. The zero-order valence-electron chi connectivity index (χ0n) is 21.5. The molecule has 2 aliphatic heterocycles. The molecule has 10 N–H and O–H groups in total. The summed E-state index contributed by atoms with van der Waals surface area (Å²) < 4.78 is 64.1. The van der Waals surface area contributed by atoms with Crippen LogP contribution in [-0.2, 0) is 32.0 Å². The molecule has 0 bridgehead atoms. The van der Waals surface area contributed by atoms with Gasteiger partial charge in [0.15, 0.2) is 36.4 Å². The maximum absolute atomic E-state index is 13.8. The number of aromatic nitrogens is 3. The fraction of sp³-hybridized carbons (Fsp3) is 0.500. The third-order valence-electron chi connectivity index (χ3n) is 6.29. The van der Waals surface area contributed by atoms with Crippen molar-refractivity contribution in [3.05, 3.63) is 52.6 Å². The van der Waals surface area contributed by atoms with Crippen molar-refractivity contribution in [3.8, 4) is 0 Å². The predicted molar refractivity (Wildman–Crippen MR) is 133 cm³/mol. The van der Waals surface area contributed by atoms with Gasteiger partial charge in [0.2, 0.25) is 0 Å². The van der Waals surface area contributed by atoms with Crippen molar-refractivity contribution in [3.63, 3.8) is 0 Å². The fourth-order valence-electron chi connectivity index (χ4n) is 4.16. The van der Waals surface area contributed by atoms with Gasteiger partial charge >= 0.3 is 21.3 Å². The highest BCUT2D eigenvalue weighted by molar-refractivity contribution is 7.61. The van der Waals surface area contributed by atoms with E-state index in [0.29, 0.717) is 10.8 Å². The van der Waals surface area contributed by atoms with Crippen molar-refractivity contribution >= 4 is 27.4 Å². The fourth-order valence-corrected chi connectivity index (χ4v) is 6.25. The largest absolute Gasteiger partial charge is 0.481 e. The molecule has 0 aromatic carbocycles. The van der Waals surface area contributed by atoms with Gasteiger partial charge in [-0.2, -0.15) is 13.9 Å². The van der Waals surface area contributed by atoms with Gasteiger partial charge in [-0.25, -0.2) is 18.3 Å². The van der Waals surface area contributed by atoms with Crippen LogP contribution in [0.5, 0.6) is 0 Å². The Bertz CT molecular complexity index is 1520. The van der Waals surface area contributed by atoms with Crippen molar-refractivity contribution in [1.82, 2.24) is 9.55 Å². The van der Waals surface area contributed by atoms with E-state index in [1.54, 1.807) is 0 Å². The molecular weight excluding hydrogens is 631 g/mol. The molecule has 0 aliphatic carbocycles. The van der Waals surface area contributed by atoms with E-state index in [0.717, 1.165) is 0 Å². The van der Waals surface area contributed by atoms with Gasteiger partial charge in [0, 0.05) is 6.07 Å². The first kappa shape index (κ1) is 33.1. The van der Waals surface area contributed by atoms with Crippen LogP contribution >= 0.6 is 15.6 Å². The van der Waals surface area contributed by atoms with E-state index in [9.17, 15) is 53.3 Å². The Morgan fingerprint density at radius 3 is 2.23 bits per heavy atom. The van der Waals surface area contributed by atoms with Crippen molar-refractivity contribution in [2.75, 3.05) is 18.9 Å². The lowest BCUT2D eigenvalue weighted by atomic mass is 10.1. The number of hydrogen-bond donors (Lipinski definition) is 8. The summed E-state index contributed by atoms with van der Waals surface area (Å²) >= 11 is 0. The monoisotopic (exact) mass is 658 g/mol. The molecule has 20 nitrogen and oxygen atoms in total. The minimum Gasteiger partial charge on any atom is -0.387 e. The molecule has 2 aromatic heterocycles. The second kappa shape index (κ2) is 12.7. The zero-order chi connectivity index (χ0) is 31.9. The number of phosphoric ester groups is 2. The predicted octanol–water partition coefficient (Wildman–Crippen LogP) is -3.46. The van der Waals surface area contributed by atoms with Crippen molar-refractivity contribution in [1.29, 1.82) is 0 Å². The van der Waals surface area contributed by atoms with E-state index in [1.807, 2.05) is 0 Å². The molecular formula is C20H27FN5O15P2+. The normalized spacial score (nSPS) is 31.9. The number of rotatable bonds is 11. The van der Waals surface area contributed by atoms with E-state index in [2.05, 4.69) is 18.3 Å². The molecule has 2 unspecified atom stereocenters. The molecule has 43 heavy (non-hydrogen) atoms. The number of ether oxygens (including phenoxy) is 2. The summed E-state index contributed by atoms with van der Waals surface area (Å²) in [6.07, 6.45) is -10.0. The number of aliphatic hydroxyl groups is 4. The highest BCUT2D eigenvalue weighted by Gasteiger charge is 2.50. The molecule has 10 atom stereocenters. The van der Waals surface area contributed by atoms with E-state index in [1.165, 1.54) is 29.1 Å². The average Bonchev–Trinajstić information content (AvgIpc) is 3.37. The minimum absolute atomic E-state index is 0.0464. The van der Waals surface area contributed by atoms with Crippen molar-refractivity contribution in [2.45, 2.75) is 49.1 Å². The number of phosphoric acid groups is 2. The van der Waals surface area contributed by atoms with E-state index < -0.39 is 101 Å². The van der Waals surface area contributed by atoms with Crippen LogP contribution in [0.2, 0.25) is 0 Å². The van der Waals surface area contributed by atoms with Crippen LogP contribution in [0.25, 0.3) is 0 Å². The van der Waals surface area contributed by atoms with Gasteiger partial charge < -0.3 is 51.2 Å². The lowest BCUT2D eigenvalue weighted by Crippen LogP contribution is -2.46. The maximum atomic E-state index is 13.8. The van der Waals surface area contributed by atoms with Gasteiger partial charge in [-0.1, -0.05) is 0 Å². The Hall–Kier alpha value is -2.75. The van der Waals surface area contributed by atoms with Gasteiger partial charge in [-0.15, -0.1) is 0 Å². The number of nitrogens with two attached hydrogens (primary N) is 2. The lowest BCUT2D eigenvalue weighted by molar-refractivity contribution is -0.765. The number of pyridine rings is 1. The van der Waals surface area contributed by atoms with Crippen LogP contribution in [-0.4, -0.2) is 95.5 Å². The number of anilines is 1. The van der Waals surface area contributed by atoms with Crippen LogP contribution in [0, 0.1) is 5.82 Å². The molecule has 2 aromatic rings. The summed E-state index contributed by atoms with van der Waals surface area (Å²) in [6, 6.07) is 2.79. The lowest BCUT2D eigenvalue weighted by Gasteiger charge is -2.20. The van der Waals surface area contributed by atoms with Crippen LogP contribution in [0.1, 0.15) is 22.8 Å². The SMILES string of the molecule is NC(=O)c1ccc[n+]([C@@H]2O[C@H](COP(=O)(O)OP(=O)(O)OC[C@H]3O[C@@H](n4cc(F)c(N)nc4=O)[C@H](O)[C@@H]3O)[C@@H](O)[C@H]2O)c1. The second-order valence-corrected chi connectivity index (χ2v) is 12.3. The number of amides is 1. The quantitative estimate of drug-likeness (QED) is 0.0859. The highest BCUT2D eigenvalue weighted by Crippen LogP contribution is 2.60. The smallest absolute Gasteiger partial charge is 0.387 e. The Morgan fingerprint density at radius 2 is 1.63 bits per heavy atom. The molecule has 4 heterocycles. The van der Waals surface area contributed by atoms with Gasteiger partial charge in [0.1, 0.15) is 36.1 Å². The molecule has 2 aliphatic rings. The van der Waals surface area contributed by atoms with Crippen LogP contribution in [0.3, 0.4) is 0 Å². The maximum Gasteiger partial charge on any atom is 0.481 e. The number of halogens is 1. The summed E-state index contributed by atoms with van der Waals surface area (Å²) in [6.45, 7) is -2.00. The summed E-state index contributed by atoms with van der Waals surface area (Å²) in [7, 11) is -10.9. The summed E-state index contributed by atoms with van der Waals surface area (Å²) in [5.74, 6) is -2.67. The molecule has 0 saturated carbocycles. The number of hydrogen-bond acceptors (Lipinski definition) is 15. The first-order chi connectivity index (χ1) is 20.0. The highest BCUT2D eigenvalue weighted by atomic mass is 31.3. The minimum atomic E-state index is -5.46. The summed E-state index contributed by atoms with van der Waals surface area (Å²) in [5, 5.41) is 41.0. The van der Waals surface area contributed by atoms with E-state index in [-0.39, 0.29) is 5.56 Å².